The van der Waals surface area contributed by atoms with Crippen molar-refractivity contribution >= 4 is 17.9 Å². The summed E-state index contributed by atoms with van der Waals surface area (Å²) in [6.07, 6.45) is 2.56. The number of fused-ring (bicyclic) bond motifs is 1. The van der Waals surface area contributed by atoms with Crippen LogP contribution < -0.4 is 14.4 Å². The highest BCUT2D eigenvalue weighted by atomic mass is 16.6. The molecule has 2 atom stereocenters. The van der Waals surface area contributed by atoms with Crippen LogP contribution in [0.3, 0.4) is 0 Å². The summed E-state index contributed by atoms with van der Waals surface area (Å²) in [4.78, 5) is 29.8. The standard InChI is InChI=1S/C28H38N2O6/c1-6-8-12-15-36-28(32)30-20(3)16-23(22-17-25(33-4)26(34-5)18-24(22)30)29(27(31)35-7-2)19-21-13-10-9-11-14-21/h9-11,13-14,17-18,20,23H,6-8,12,15-16,19H2,1-5H3. The fourth-order valence-electron chi connectivity index (χ4n) is 4.60. The summed E-state index contributed by atoms with van der Waals surface area (Å²) in [7, 11) is 3.12. The Balaban J connectivity index is 2.05. The van der Waals surface area contributed by atoms with Gasteiger partial charge in [0.05, 0.1) is 39.2 Å². The molecule has 0 fully saturated rings. The number of rotatable bonds is 10. The van der Waals surface area contributed by atoms with E-state index in [4.69, 9.17) is 18.9 Å². The summed E-state index contributed by atoms with van der Waals surface area (Å²) in [5.74, 6) is 1.02. The lowest BCUT2D eigenvalue weighted by Gasteiger charge is -2.42. The van der Waals surface area contributed by atoms with Crippen molar-refractivity contribution in [2.24, 2.45) is 0 Å². The van der Waals surface area contributed by atoms with Crippen molar-refractivity contribution in [2.75, 3.05) is 32.3 Å². The molecule has 1 aliphatic rings. The van der Waals surface area contributed by atoms with E-state index in [1.165, 1.54) is 0 Å². The zero-order chi connectivity index (χ0) is 26.1. The largest absolute Gasteiger partial charge is 0.493 e. The molecule has 1 heterocycles. The van der Waals surface area contributed by atoms with Gasteiger partial charge in [0.2, 0.25) is 0 Å². The van der Waals surface area contributed by atoms with Crippen molar-refractivity contribution in [1.29, 1.82) is 0 Å². The molecular weight excluding hydrogens is 460 g/mol. The smallest absolute Gasteiger partial charge is 0.414 e. The number of hydrogen-bond donors (Lipinski definition) is 0. The van der Waals surface area contributed by atoms with E-state index in [2.05, 4.69) is 6.92 Å². The number of carbonyl (C=O) groups excluding carboxylic acids is 2. The molecule has 2 amide bonds. The minimum absolute atomic E-state index is 0.230. The van der Waals surface area contributed by atoms with Crippen molar-refractivity contribution in [2.45, 2.75) is 65.1 Å². The molecule has 8 heteroatoms. The monoisotopic (exact) mass is 498 g/mol. The van der Waals surface area contributed by atoms with E-state index < -0.39 is 12.2 Å². The predicted octanol–water partition coefficient (Wildman–Crippen LogP) is 6.33. The summed E-state index contributed by atoms with van der Waals surface area (Å²) in [6, 6.07) is 12.8. The second-order valence-corrected chi connectivity index (χ2v) is 8.87. The van der Waals surface area contributed by atoms with Crippen LogP contribution in [-0.2, 0) is 16.0 Å². The lowest BCUT2D eigenvalue weighted by Crippen LogP contribution is -2.47. The number of nitrogens with zero attached hydrogens (tertiary/aromatic N) is 2. The van der Waals surface area contributed by atoms with Gasteiger partial charge < -0.3 is 18.9 Å². The van der Waals surface area contributed by atoms with E-state index in [1.54, 1.807) is 37.0 Å². The Bertz CT molecular complexity index is 1010. The Kier molecular flexibility index (Phi) is 9.85. The average molecular weight is 499 g/mol. The van der Waals surface area contributed by atoms with Crippen LogP contribution in [-0.4, -0.2) is 50.6 Å². The van der Waals surface area contributed by atoms with Crippen molar-refractivity contribution in [3.05, 3.63) is 53.6 Å². The van der Waals surface area contributed by atoms with Crippen LogP contribution in [0.1, 0.15) is 63.6 Å². The van der Waals surface area contributed by atoms with Crippen molar-refractivity contribution in [1.82, 2.24) is 4.90 Å². The third-order valence-electron chi connectivity index (χ3n) is 6.40. The van der Waals surface area contributed by atoms with Gasteiger partial charge in [-0.05, 0) is 38.3 Å². The number of carbonyl (C=O) groups is 2. The molecule has 0 N–H and O–H groups in total. The van der Waals surface area contributed by atoms with Gasteiger partial charge in [-0.25, -0.2) is 9.59 Å². The molecule has 0 aliphatic carbocycles. The Morgan fingerprint density at radius 3 is 2.33 bits per heavy atom. The molecule has 0 aromatic heterocycles. The van der Waals surface area contributed by atoms with Crippen LogP contribution in [0, 0.1) is 0 Å². The van der Waals surface area contributed by atoms with Crippen molar-refractivity contribution < 1.29 is 28.5 Å². The van der Waals surface area contributed by atoms with Crippen LogP contribution in [0.15, 0.2) is 42.5 Å². The summed E-state index contributed by atoms with van der Waals surface area (Å²) >= 11 is 0. The maximum absolute atomic E-state index is 13.2. The minimum atomic E-state index is -0.408. The van der Waals surface area contributed by atoms with Gasteiger partial charge >= 0.3 is 12.2 Å². The summed E-state index contributed by atoms with van der Waals surface area (Å²) in [6.45, 7) is 6.86. The number of methoxy groups -OCH3 is 2. The Morgan fingerprint density at radius 2 is 1.69 bits per heavy atom. The molecule has 3 rings (SSSR count). The molecule has 0 spiro atoms. The maximum Gasteiger partial charge on any atom is 0.414 e. The quantitative estimate of drug-likeness (QED) is 0.356. The van der Waals surface area contributed by atoms with Gasteiger partial charge in [0.25, 0.3) is 0 Å². The normalized spacial score (nSPS) is 16.6. The fraction of sp³-hybridized carbons (Fsp3) is 0.500. The Labute approximate surface area is 214 Å². The molecule has 1 aliphatic heterocycles. The molecule has 2 aromatic carbocycles. The van der Waals surface area contributed by atoms with E-state index in [0.29, 0.717) is 36.8 Å². The summed E-state index contributed by atoms with van der Waals surface area (Å²) in [5, 5.41) is 0. The van der Waals surface area contributed by atoms with E-state index in [1.807, 2.05) is 43.3 Å². The number of amides is 2. The van der Waals surface area contributed by atoms with Crippen LogP contribution >= 0.6 is 0 Å². The number of ether oxygens (including phenoxy) is 4. The number of anilines is 1. The molecule has 0 radical (unpaired) electrons. The van der Waals surface area contributed by atoms with Crippen LogP contribution in [0.5, 0.6) is 11.5 Å². The molecular formula is C28H38N2O6. The second-order valence-electron chi connectivity index (χ2n) is 8.87. The summed E-state index contributed by atoms with van der Waals surface area (Å²) in [5.41, 5.74) is 2.40. The SMILES string of the molecule is CCCCCOC(=O)N1c2cc(OC)c(OC)cc2C(N(Cc2ccccc2)C(=O)OCC)CC1C. The van der Waals surface area contributed by atoms with Crippen LogP contribution in [0.2, 0.25) is 0 Å². The summed E-state index contributed by atoms with van der Waals surface area (Å²) < 4.78 is 22.2. The highest BCUT2D eigenvalue weighted by Crippen LogP contribution is 2.46. The highest BCUT2D eigenvalue weighted by Gasteiger charge is 2.40. The molecule has 0 saturated heterocycles. The Hall–Kier alpha value is -3.42. The first kappa shape index (κ1) is 27.2. The van der Waals surface area contributed by atoms with Crippen LogP contribution in [0.25, 0.3) is 0 Å². The van der Waals surface area contributed by atoms with E-state index >= 15 is 0 Å². The number of unbranched alkanes of at least 4 members (excludes halogenated alkanes) is 2. The molecule has 2 aromatic rings. The lowest BCUT2D eigenvalue weighted by molar-refractivity contribution is 0.0808. The van der Waals surface area contributed by atoms with E-state index in [0.717, 1.165) is 30.4 Å². The van der Waals surface area contributed by atoms with Crippen molar-refractivity contribution in [3.8, 4) is 11.5 Å². The van der Waals surface area contributed by atoms with Gasteiger partial charge in [-0.1, -0.05) is 50.1 Å². The van der Waals surface area contributed by atoms with Gasteiger partial charge in [-0.15, -0.1) is 0 Å². The van der Waals surface area contributed by atoms with Crippen LogP contribution in [0.4, 0.5) is 15.3 Å². The second kappa shape index (κ2) is 13.0. The fourth-order valence-corrected chi connectivity index (χ4v) is 4.60. The number of hydrogen-bond acceptors (Lipinski definition) is 6. The average Bonchev–Trinajstić information content (AvgIpc) is 2.89. The molecule has 0 bridgehead atoms. The molecule has 0 saturated carbocycles. The van der Waals surface area contributed by atoms with Gasteiger partial charge in [0.15, 0.2) is 11.5 Å². The lowest BCUT2D eigenvalue weighted by atomic mass is 9.90. The zero-order valence-electron chi connectivity index (χ0n) is 22.0. The molecule has 8 nitrogen and oxygen atoms in total. The topological polar surface area (TPSA) is 77.5 Å². The minimum Gasteiger partial charge on any atom is -0.493 e. The van der Waals surface area contributed by atoms with Crippen molar-refractivity contribution in [3.63, 3.8) is 0 Å². The highest BCUT2D eigenvalue weighted by molar-refractivity contribution is 5.91. The van der Waals surface area contributed by atoms with E-state index in [-0.39, 0.29) is 18.7 Å². The molecule has 196 valence electrons. The van der Waals surface area contributed by atoms with E-state index in [9.17, 15) is 9.59 Å². The van der Waals surface area contributed by atoms with Gasteiger partial charge in [-0.2, -0.15) is 0 Å². The Morgan fingerprint density at radius 1 is 1.00 bits per heavy atom. The molecule has 36 heavy (non-hydrogen) atoms. The first-order valence-corrected chi connectivity index (χ1v) is 12.6. The number of benzene rings is 2. The van der Waals surface area contributed by atoms with Gasteiger partial charge in [0, 0.05) is 24.2 Å². The first-order chi connectivity index (χ1) is 17.4. The first-order valence-electron chi connectivity index (χ1n) is 12.6. The third kappa shape index (κ3) is 6.22. The predicted molar refractivity (Wildman–Crippen MR) is 139 cm³/mol. The molecule has 2 unspecified atom stereocenters. The maximum atomic E-state index is 13.2. The zero-order valence-corrected chi connectivity index (χ0v) is 22.0. The van der Waals surface area contributed by atoms with Gasteiger partial charge in [-0.3, -0.25) is 9.80 Å². The third-order valence-corrected chi connectivity index (χ3v) is 6.40. The van der Waals surface area contributed by atoms with Gasteiger partial charge in [0.1, 0.15) is 0 Å².